The summed E-state index contributed by atoms with van der Waals surface area (Å²) in [7, 11) is 0. The third-order valence-electron chi connectivity index (χ3n) is 2.52. The van der Waals surface area contributed by atoms with Gasteiger partial charge in [-0.3, -0.25) is 4.79 Å². The topological polar surface area (TPSA) is 70.2 Å². The first-order valence-corrected chi connectivity index (χ1v) is 5.11. The van der Waals surface area contributed by atoms with Crippen molar-refractivity contribution in [3.63, 3.8) is 0 Å². The zero-order chi connectivity index (χ0) is 12.4. The Kier molecular flexibility index (Phi) is 2.78. The second-order valence-corrected chi connectivity index (χ2v) is 3.76. The highest BCUT2D eigenvalue weighted by Crippen LogP contribution is 2.15. The Bertz CT molecular complexity index is 668. The van der Waals surface area contributed by atoms with Gasteiger partial charge in [0.05, 0.1) is 5.52 Å². The first kappa shape index (κ1) is 11.1. The number of aromatic amines is 1. The van der Waals surface area contributed by atoms with Gasteiger partial charge in [0.25, 0.3) is 5.56 Å². The van der Waals surface area contributed by atoms with Crippen LogP contribution in [0, 0.1) is 6.92 Å². The summed E-state index contributed by atoms with van der Waals surface area (Å²) >= 11 is 0. The minimum absolute atomic E-state index is 0.288. The molecule has 0 aliphatic rings. The number of H-pyrrole nitrogens is 1. The number of aliphatic carboxylic acids is 1. The van der Waals surface area contributed by atoms with Gasteiger partial charge in [0.1, 0.15) is 0 Å². The number of benzene rings is 1. The van der Waals surface area contributed by atoms with E-state index in [1.165, 1.54) is 6.08 Å². The van der Waals surface area contributed by atoms with Crippen LogP contribution in [0.15, 0.2) is 35.1 Å². The molecule has 0 aliphatic carbocycles. The first-order valence-electron chi connectivity index (χ1n) is 5.11. The molecule has 0 amide bonds. The van der Waals surface area contributed by atoms with Crippen LogP contribution in [0.4, 0.5) is 0 Å². The van der Waals surface area contributed by atoms with Crippen molar-refractivity contribution < 1.29 is 9.90 Å². The SMILES string of the molecule is Cc1cccc2cc(/C=C/C(=O)O)c(=O)[nH]c12. The van der Waals surface area contributed by atoms with E-state index in [0.29, 0.717) is 5.56 Å². The molecule has 2 aromatic rings. The Morgan fingerprint density at radius 1 is 1.41 bits per heavy atom. The molecular weight excluding hydrogens is 218 g/mol. The number of para-hydroxylation sites is 1. The fourth-order valence-corrected chi connectivity index (χ4v) is 1.69. The van der Waals surface area contributed by atoms with Gasteiger partial charge in [0.2, 0.25) is 0 Å². The van der Waals surface area contributed by atoms with Crippen molar-refractivity contribution in [3.8, 4) is 0 Å². The van der Waals surface area contributed by atoms with E-state index < -0.39 is 5.97 Å². The third kappa shape index (κ3) is 2.25. The zero-order valence-corrected chi connectivity index (χ0v) is 9.23. The van der Waals surface area contributed by atoms with Crippen molar-refractivity contribution in [2.24, 2.45) is 0 Å². The number of hydrogen-bond acceptors (Lipinski definition) is 2. The molecule has 0 saturated heterocycles. The monoisotopic (exact) mass is 229 g/mol. The number of carboxylic acids is 1. The highest BCUT2D eigenvalue weighted by Gasteiger charge is 2.02. The molecule has 0 spiro atoms. The van der Waals surface area contributed by atoms with E-state index in [-0.39, 0.29) is 5.56 Å². The molecule has 4 heteroatoms. The van der Waals surface area contributed by atoms with Crippen molar-refractivity contribution in [2.45, 2.75) is 6.92 Å². The van der Waals surface area contributed by atoms with Gasteiger partial charge in [0.15, 0.2) is 0 Å². The maximum absolute atomic E-state index is 11.7. The Labute approximate surface area is 97.2 Å². The number of aryl methyl sites for hydroxylation is 1. The Balaban J connectivity index is 2.64. The summed E-state index contributed by atoms with van der Waals surface area (Å²) in [6, 6.07) is 7.35. The summed E-state index contributed by atoms with van der Waals surface area (Å²) in [4.78, 5) is 24.9. The largest absolute Gasteiger partial charge is 0.478 e. The maximum Gasteiger partial charge on any atom is 0.328 e. The molecule has 0 saturated carbocycles. The van der Waals surface area contributed by atoms with Crippen molar-refractivity contribution in [2.75, 3.05) is 0 Å². The molecule has 0 fully saturated rings. The van der Waals surface area contributed by atoms with Crippen LogP contribution in [-0.4, -0.2) is 16.1 Å². The Morgan fingerprint density at radius 3 is 2.88 bits per heavy atom. The van der Waals surface area contributed by atoms with Crippen molar-refractivity contribution in [1.29, 1.82) is 0 Å². The van der Waals surface area contributed by atoms with E-state index in [4.69, 9.17) is 5.11 Å². The molecule has 0 bridgehead atoms. The van der Waals surface area contributed by atoms with Crippen LogP contribution < -0.4 is 5.56 Å². The highest BCUT2D eigenvalue weighted by molar-refractivity contribution is 5.87. The smallest absolute Gasteiger partial charge is 0.328 e. The summed E-state index contributed by atoms with van der Waals surface area (Å²) in [5, 5.41) is 9.41. The molecule has 1 heterocycles. The summed E-state index contributed by atoms with van der Waals surface area (Å²) in [6.07, 6.45) is 2.25. The van der Waals surface area contributed by atoms with Gasteiger partial charge in [-0.05, 0) is 30.0 Å². The van der Waals surface area contributed by atoms with E-state index in [2.05, 4.69) is 4.98 Å². The van der Waals surface area contributed by atoms with Crippen molar-refractivity contribution in [3.05, 3.63) is 51.8 Å². The van der Waals surface area contributed by atoms with Gasteiger partial charge in [-0.2, -0.15) is 0 Å². The fourth-order valence-electron chi connectivity index (χ4n) is 1.69. The maximum atomic E-state index is 11.7. The van der Waals surface area contributed by atoms with Crippen LogP contribution in [0.25, 0.3) is 17.0 Å². The number of fused-ring (bicyclic) bond motifs is 1. The van der Waals surface area contributed by atoms with E-state index in [9.17, 15) is 9.59 Å². The number of pyridine rings is 1. The lowest BCUT2D eigenvalue weighted by Gasteiger charge is -2.02. The molecule has 0 aliphatic heterocycles. The minimum atomic E-state index is -1.08. The lowest BCUT2D eigenvalue weighted by atomic mass is 10.1. The van der Waals surface area contributed by atoms with Gasteiger partial charge >= 0.3 is 5.97 Å². The quantitative estimate of drug-likeness (QED) is 0.773. The van der Waals surface area contributed by atoms with Crippen LogP contribution in [-0.2, 0) is 4.79 Å². The normalized spacial score (nSPS) is 11.1. The predicted octanol–water partition coefficient (Wildman–Crippen LogP) is 1.93. The third-order valence-corrected chi connectivity index (χ3v) is 2.52. The van der Waals surface area contributed by atoms with Gasteiger partial charge in [0, 0.05) is 11.6 Å². The minimum Gasteiger partial charge on any atom is -0.478 e. The standard InChI is InChI=1S/C13H11NO3/c1-8-3-2-4-9-7-10(5-6-11(15)16)13(17)14-12(8)9/h2-7H,1H3,(H,14,17)(H,15,16)/b6-5+. The van der Waals surface area contributed by atoms with Gasteiger partial charge < -0.3 is 10.1 Å². The van der Waals surface area contributed by atoms with E-state index >= 15 is 0 Å². The molecular formula is C13H11NO3. The number of carboxylic acid groups (broad SMARTS) is 1. The van der Waals surface area contributed by atoms with Crippen molar-refractivity contribution in [1.82, 2.24) is 4.98 Å². The average molecular weight is 229 g/mol. The predicted molar refractivity (Wildman–Crippen MR) is 66.0 cm³/mol. The lowest BCUT2D eigenvalue weighted by molar-refractivity contribution is -0.131. The molecule has 2 rings (SSSR count). The number of rotatable bonds is 2. The summed E-state index contributed by atoms with van der Waals surface area (Å²) in [5.41, 5.74) is 1.81. The van der Waals surface area contributed by atoms with E-state index in [1.54, 1.807) is 6.07 Å². The van der Waals surface area contributed by atoms with Crippen LogP contribution in [0.3, 0.4) is 0 Å². The molecule has 1 aromatic carbocycles. The van der Waals surface area contributed by atoms with E-state index in [1.807, 2.05) is 25.1 Å². The summed E-state index contributed by atoms with van der Waals surface area (Å²) in [5.74, 6) is -1.08. The molecule has 2 N–H and O–H groups in total. The second kappa shape index (κ2) is 4.25. The molecule has 0 unspecified atom stereocenters. The Hall–Kier alpha value is -2.36. The number of hydrogen-bond donors (Lipinski definition) is 2. The number of nitrogens with one attached hydrogen (secondary N) is 1. The molecule has 17 heavy (non-hydrogen) atoms. The van der Waals surface area contributed by atoms with Gasteiger partial charge in [-0.25, -0.2) is 4.79 Å². The van der Waals surface area contributed by atoms with Gasteiger partial charge in [-0.15, -0.1) is 0 Å². The van der Waals surface area contributed by atoms with E-state index in [0.717, 1.165) is 22.5 Å². The highest BCUT2D eigenvalue weighted by atomic mass is 16.4. The second-order valence-electron chi connectivity index (χ2n) is 3.76. The molecule has 0 atom stereocenters. The molecule has 86 valence electrons. The summed E-state index contributed by atoms with van der Waals surface area (Å²) < 4.78 is 0. The van der Waals surface area contributed by atoms with Crippen LogP contribution in [0.2, 0.25) is 0 Å². The zero-order valence-electron chi connectivity index (χ0n) is 9.23. The molecule has 0 radical (unpaired) electrons. The fraction of sp³-hybridized carbons (Fsp3) is 0.0769. The van der Waals surface area contributed by atoms with Crippen molar-refractivity contribution >= 4 is 22.9 Å². The van der Waals surface area contributed by atoms with Crippen LogP contribution in [0.5, 0.6) is 0 Å². The first-order chi connectivity index (χ1) is 8.08. The van der Waals surface area contributed by atoms with Crippen LogP contribution in [0.1, 0.15) is 11.1 Å². The molecule has 4 nitrogen and oxygen atoms in total. The average Bonchev–Trinajstić information content (AvgIpc) is 2.28. The molecule has 1 aromatic heterocycles. The summed E-state index contributed by atoms with van der Waals surface area (Å²) in [6.45, 7) is 1.91. The lowest BCUT2D eigenvalue weighted by Crippen LogP contribution is -2.09. The number of aromatic nitrogens is 1. The van der Waals surface area contributed by atoms with Gasteiger partial charge in [-0.1, -0.05) is 18.2 Å². The number of carbonyl (C=O) groups is 1. The van der Waals surface area contributed by atoms with Crippen LogP contribution >= 0.6 is 0 Å². The Morgan fingerprint density at radius 2 is 2.18 bits per heavy atom.